The highest BCUT2D eigenvalue weighted by Gasteiger charge is 2.48. The molecular weight excluding hydrogens is 266 g/mol. The first-order valence-corrected chi connectivity index (χ1v) is 7.57. The first kappa shape index (κ1) is 14.4. The molecule has 0 atom stereocenters. The third-order valence-corrected chi connectivity index (χ3v) is 4.17. The Labute approximate surface area is 125 Å². The molecule has 1 aromatic rings. The van der Waals surface area contributed by atoms with E-state index in [1.54, 1.807) is 0 Å². The second kappa shape index (κ2) is 4.47. The van der Waals surface area contributed by atoms with Crippen LogP contribution < -0.4 is 5.32 Å². The van der Waals surface area contributed by atoms with Gasteiger partial charge in [-0.3, -0.25) is 0 Å². The van der Waals surface area contributed by atoms with Gasteiger partial charge in [0, 0.05) is 0 Å². The molecule has 3 rings (SSSR count). The summed E-state index contributed by atoms with van der Waals surface area (Å²) in [5.74, 6) is 0. The quantitative estimate of drug-likeness (QED) is 0.898. The summed E-state index contributed by atoms with van der Waals surface area (Å²) >= 11 is 0. The fraction of sp³-hybridized carbons (Fsp3) is 0.588. The summed E-state index contributed by atoms with van der Waals surface area (Å²) in [5.41, 5.74) is 0.565. The van der Waals surface area contributed by atoms with Crippen molar-refractivity contribution in [1.82, 2.24) is 5.32 Å². The summed E-state index contributed by atoms with van der Waals surface area (Å²) in [7, 11) is 0. The van der Waals surface area contributed by atoms with Crippen molar-refractivity contribution in [1.29, 1.82) is 0 Å². The van der Waals surface area contributed by atoms with E-state index in [1.807, 2.05) is 45.0 Å². The molecule has 2 fully saturated rings. The van der Waals surface area contributed by atoms with Crippen LogP contribution in [0.4, 0.5) is 4.79 Å². The maximum Gasteiger partial charge on any atom is 0.408 e. The molecule has 2 saturated carbocycles. The Morgan fingerprint density at radius 1 is 1.19 bits per heavy atom. The van der Waals surface area contributed by atoms with Crippen LogP contribution in [0.3, 0.4) is 0 Å². The lowest BCUT2D eigenvalue weighted by Gasteiger charge is -2.24. The summed E-state index contributed by atoms with van der Waals surface area (Å²) in [6.07, 6.45) is 3.09. The molecule has 2 N–H and O–H groups in total. The van der Waals surface area contributed by atoms with Gasteiger partial charge in [0.05, 0.1) is 11.1 Å². The second-order valence-electron chi connectivity index (χ2n) is 7.32. The van der Waals surface area contributed by atoms with Crippen LogP contribution in [0.1, 0.15) is 57.6 Å². The largest absolute Gasteiger partial charge is 0.444 e. The minimum Gasteiger partial charge on any atom is -0.444 e. The van der Waals surface area contributed by atoms with Crippen LogP contribution in [-0.4, -0.2) is 16.8 Å². The van der Waals surface area contributed by atoms with Crippen LogP contribution in [0.15, 0.2) is 24.3 Å². The van der Waals surface area contributed by atoms with E-state index in [2.05, 4.69) is 5.32 Å². The van der Waals surface area contributed by atoms with E-state index < -0.39 is 11.2 Å². The minimum atomic E-state index is -0.641. The van der Waals surface area contributed by atoms with Gasteiger partial charge in [-0.15, -0.1) is 0 Å². The maximum absolute atomic E-state index is 12.0. The molecule has 1 aromatic carbocycles. The van der Waals surface area contributed by atoms with Gasteiger partial charge in [-0.2, -0.15) is 0 Å². The molecule has 2 aliphatic carbocycles. The molecule has 0 radical (unpaired) electrons. The maximum atomic E-state index is 12.0. The molecule has 4 nitrogen and oxygen atoms in total. The zero-order chi connectivity index (χ0) is 15.3. The molecule has 0 bridgehead atoms. The van der Waals surface area contributed by atoms with Crippen LogP contribution in [-0.2, 0) is 15.9 Å². The Bertz CT molecular complexity index is 566. The lowest BCUT2D eigenvalue weighted by molar-refractivity contribution is 0.0495. The van der Waals surface area contributed by atoms with Gasteiger partial charge in [-0.25, -0.2) is 4.79 Å². The number of alkyl carbamates (subject to hydrolysis) is 1. The molecule has 0 spiro atoms. The zero-order valence-electron chi connectivity index (χ0n) is 12.9. The first-order chi connectivity index (χ1) is 9.73. The smallest absolute Gasteiger partial charge is 0.408 e. The van der Waals surface area contributed by atoms with Gasteiger partial charge in [-0.05, 0) is 57.6 Å². The van der Waals surface area contributed by atoms with E-state index in [-0.39, 0.29) is 11.6 Å². The van der Waals surface area contributed by atoms with Crippen molar-refractivity contribution in [3.8, 4) is 0 Å². The van der Waals surface area contributed by atoms with Crippen LogP contribution in [0, 0.1) is 0 Å². The number of benzene rings is 1. The third-order valence-electron chi connectivity index (χ3n) is 4.17. The predicted molar refractivity (Wildman–Crippen MR) is 79.9 cm³/mol. The Morgan fingerprint density at radius 2 is 1.81 bits per heavy atom. The number of amides is 1. The number of ether oxygens (including phenoxy) is 1. The highest BCUT2D eigenvalue weighted by molar-refractivity contribution is 5.70. The van der Waals surface area contributed by atoms with Gasteiger partial charge in [0.15, 0.2) is 0 Å². The fourth-order valence-corrected chi connectivity index (χ4v) is 2.62. The normalized spacial score (nSPS) is 21.5. The highest BCUT2D eigenvalue weighted by atomic mass is 16.6. The van der Waals surface area contributed by atoms with E-state index in [9.17, 15) is 9.90 Å². The lowest BCUT2D eigenvalue weighted by atomic mass is 9.98. The van der Waals surface area contributed by atoms with Crippen molar-refractivity contribution < 1.29 is 14.6 Å². The van der Waals surface area contributed by atoms with Crippen LogP contribution in [0.5, 0.6) is 0 Å². The first-order valence-electron chi connectivity index (χ1n) is 7.57. The fourth-order valence-electron chi connectivity index (χ4n) is 2.62. The molecule has 1 amide bonds. The molecule has 0 aliphatic heterocycles. The third kappa shape index (κ3) is 3.05. The average Bonchev–Trinajstić information content (AvgIpc) is 3.27. The molecular formula is C17H23NO3. The molecule has 2 aliphatic rings. The number of hydrogen-bond donors (Lipinski definition) is 2. The second-order valence-corrected chi connectivity index (χ2v) is 7.32. The predicted octanol–water partition coefficient (Wildman–Crippen LogP) is 3.18. The number of aliphatic hydroxyl groups is 1. The van der Waals surface area contributed by atoms with Gasteiger partial charge in [0.1, 0.15) is 5.60 Å². The summed E-state index contributed by atoms with van der Waals surface area (Å²) in [4.78, 5) is 12.0. The number of hydrogen-bond acceptors (Lipinski definition) is 3. The van der Waals surface area contributed by atoms with E-state index in [4.69, 9.17) is 4.74 Å². The number of carbonyl (C=O) groups excluding carboxylic acids is 1. The van der Waals surface area contributed by atoms with Crippen molar-refractivity contribution in [3.05, 3.63) is 35.4 Å². The summed E-state index contributed by atoms with van der Waals surface area (Å²) in [6.45, 7) is 5.57. The van der Waals surface area contributed by atoms with Crippen molar-refractivity contribution >= 4 is 6.09 Å². The zero-order valence-corrected chi connectivity index (χ0v) is 12.9. The Kier molecular flexibility index (Phi) is 3.06. The SMILES string of the molecule is CC(C)(C)OC(=O)NC1(c2cccc(C3(O)CC3)c2)CC1. The van der Waals surface area contributed by atoms with Crippen LogP contribution in [0.2, 0.25) is 0 Å². The molecule has 0 saturated heterocycles. The van der Waals surface area contributed by atoms with E-state index in [0.717, 1.165) is 36.8 Å². The van der Waals surface area contributed by atoms with Crippen LogP contribution >= 0.6 is 0 Å². The van der Waals surface area contributed by atoms with Gasteiger partial charge < -0.3 is 15.2 Å². The molecule has 0 aromatic heterocycles. The Morgan fingerprint density at radius 3 is 2.33 bits per heavy atom. The summed E-state index contributed by atoms with van der Waals surface area (Å²) in [6, 6.07) is 7.95. The highest BCUT2D eigenvalue weighted by Crippen LogP contribution is 2.49. The Balaban J connectivity index is 1.75. The van der Waals surface area contributed by atoms with Gasteiger partial charge in [0.2, 0.25) is 0 Å². The Hall–Kier alpha value is -1.55. The van der Waals surface area contributed by atoms with E-state index in [0.29, 0.717) is 0 Å². The van der Waals surface area contributed by atoms with E-state index >= 15 is 0 Å². The van der Waals surface area contributed by atoms with Gasteiger partial charge >= 0.3 is 6.09 Å². The van der Waals surface area contributed by atoms with Gasteiger partial charge in [0.25, 0.3) is 0 Å². The monoisotopic (exact) mass is 289 g/mol. The average molecular weight is 289 g/mol. The molecule has 4 heteroatoms. The minimum absolute atomic E-state index is 0.316. The lowest BCUT2D eigenvalue weighted by Crippen LogP contribution is -2.39. The summed E-state index contributed by atoms with van der Waals surface area (Å²) in [5, 5.41) is 13.2. The number of nitrogens with one attached hydrogen (secondary N) is 1. The molecule has 0 heterocycles. The van der Waals surface area contributed by atoms with Crippen molar-refractivity contribution in [2.24, 2.45) is 0 Å². The van der Waals surface area contributed by atoms with Crippen molar-refractivity contribution in [2.45, 2.75) is 63.2 Å². The van der Waals surface area contributed by atoms with Gasteiger partial charge in [-0.1, -0.05) is 24.3 Å². The van der Waals surface area contributed by atoms with E-state index in [1.165, 1.54) is 0 Å². The van der Waals surface area contributed by atoms with Crippen molar-refractivity contribution in [3.63, 3.8) is 0 Å². The number of rotatable bonds is 3. The topological polar surface area (TPSA) is 58.6 Å². The number of carbonyl (C=O) groups is 1. The summed E-state index contributed by atoms with van der Waals surface area (Å²) < 4.78 is 5.35. The van der Waals surface area contributed by atoms with Crippen molar-refractivity contribution in [2.75, 3.05) is 0 Å². The van der Waals surface area contributed by atoms with Crippen LogP contribution in [0.25, 0.3) is 0 Å². The molecule has 114 valence electrons. The molecule has 21 heavy (non-hydrogen) atoms. The molecule has 0 unspecified atom stereocenters. The standard InChI is InChI=1S/C17H23NO3/c1-15(2,3)21-14(19)18-16(7-8-16)12-5-4-6-13(11-12)17(20)9-10-17/h4-6,11,20H,7-10H2,1-3H3,(H,18,19).